The van der Waals surface area contributed by atoms with Crippen molar-refractivity contribution in [1.82, 2.24) is 5.32 Å². The zero-order valence-electron chi connectivity index (χ0n) is 16.4. The maximum Gasteiger partial charge on any atom is 0.217 e. The van der Waals surface area contributed by atoms with Crippen molar-refractivity contribution in [2.24, 2.45) is 0 Å². The number of amides is 1. The minimum atomic E-state index is 0.00575. The van der Waals surface area contributed by atoms with Crippen molar-refractivity contribution in [1.29, 1.82) is 0 Å². The van der Waals surface area contributed by atoms with Crippen molar-refractivity contribution in [3.05, 3.63) is 100 Å². The van der Waals surface area contributed by atoms with Gasteiger partial charge in [0.15, 0.2) is 0 Å². The lowest BCUT2D eigenvalue weighted by Gasteiger charge is -2.32. The molecule has 0 aliphatic heterocycles. The normalized spacial score (nSPS) is 18.0. The molecule has 1 N–H and O–H groups in total. The SMILES string of the molecule is CC(=O)N[C@@H]1CCC(c2ccc(OCc3ccccc3)c(Cl)c2)c2ccccc21. The second kappa shape index (κ2) is 8.71. The summed E-state index contributed by atoms with van der Waals surface area (Å²) >= 11 is 6.56. The van der Waals surface area contributed by atoms with E-state index >= 15 is 0 Å². The van der Waals surface area contributed by atoms with Crippen LogP contribution in [0, 0.1) is 0 Å². The Morgan fingerprint density at radius 3 is 2.45 bits per heavy atom. The summed E-state index contributed by atoms with van der Waals surface area (Å²) in [6.45, 7) is 2.06. The van der Waals surface area contributed by atoms with Crippen molar-refractivity contribution in [2.75, 3.05) is 0 Å². The van der Waals surface area contributed by atoms with Crippen molar-refractivity contribution in [2.45, 2.75) is 38.3 Å². The topological polar surface area (TPSA) is 38.3 Å². The quantitative estimate of drug-likeness (QED) is 0.563. The molecule has 0 fully saturated rings. The molecule has 1 aliphatic carbocycles. The van der Waals surface area contributed by atoms with Crippen LogP contribution in [-0.4, -0.2) is 5.91 Å². The van der Waals surface area contributed by atoms with Crippen molar-refractivity contribution < 1.29 is 9.53 Å². The van der Waals surface area contributed by atoms with Crippen LogP contribution >= 0.6 is 11.6 Å². The van der Waals surface area contributed by atoms with Gasteiger partial charge in [-0.05, 0) is 47.2 Å². The Morgan fingerprint density at radius 2 is 1.72 bits per heavy atom. The minimum Gasteiger partial charge on any atom is -0.487 e. The van der Waals surface area contributed by atoms with Gasteiger partial charge in [-0.15, -0.1) is 0 Å². The third kappa shape index (κ3) is 4.46. The van der Waals surface area contributed by atoms with Gasteiger partial charge in [0.1, 0.15) is 12.4 Å². The lowest BCUT2D eigenvalue weighted by atomic mass is 9.76. The van der Waals surface area contributed by atoms with Gasteiger partial charge in [0, 0.05) is 12.8 Å². The molecule has 2 atom stereocenters. The molecule has 0 saturated carbocycles. The molecule has 1 unspecified atom stereocenters. The molecule has 0 saturated heterocycles. The molecule has 0 heterocycles. The van der Waals surface area contributed by atoms with Gasteiger partial charge in [0.2, 0.25) is 5.91 Å². The van der Waals surface area contributed by atoms with Gasteiger partial charge in [-0.2, -0.15) is 0 Å². The molecule has 4 heteroatoms. The summed E-state index contributed by atoms with van der Waals surface area (Å²) in [6, 6.07) is 24.6. The molecule has 0 radical (unpaired) electrons. The predicted molar refractivity (Wildman–Crippen MR) is 116 cm³/mol. The molecule has 4 rings (SSSR count). The van der Waals surface area contributed by atoms with E-state index in [-0.39, 0.29) is 17.9 Å². The molecule has 3 aromatic rings. The smallest absolute Gasteiger partial charge is 0.217 e. The van der Waals surface area contributed by atoms with Crippen LogP contribution in [0.1, 0.15) is 54.0 Å². The van der Waals surface area contributed by atoms with Crippen LogP contribution < -0.4 is 10.1 Å². The van der Waals surface area contributed by atoms with Gasteiger partial charge in [0.05, 0.1) is 11.1 Å². The maximum atomic E-state index is 11.6. The van der Waals surface area contributed by atoms with Crippen LogP contribution in [0.2, 0.25) is 5.02 Å². The number of hydrogen-bond donors (Lipinski definition) is 1. The number of carbonyl (C=O) groups is 1. The van der Waals surface area contributed by atoms with E-state index in [2.05, 4.69) is 29.6 Å². The van der Waals surface area contributed by atoms with Crippen molar-refractivity contribution in [3.63, 3.8) is 0 Å². The summed E-state index contributed by atoms with van der Waals surface area (Å²) in [5.41, 5.74) is 4.74. The monoisotopic (exact) mass is 405 g/mol. The van der Waals surface area contributed by atoms with Crippen molar-refractivity contribution >= 4 is 17.5 Å². The van der Waals surface area contributed by atoms with Crippen LogP contribution in [0.5, 0.6) is 5.75 Å². The number of nitrogens with one attached hydrogen (secondary N) is 1. The van der Waals surface area contributed by atoms with Gasteiger partial charge < -0.3 is 10.1 Å². The first-order chi connectivity index (χ1) is 14.1. The van der Waals surface area contributed by atoms with E-state index in [0.717, 1.165) is 18.4 Å². The summed E-state index contributed by atoms with van der Waals surface area (Å²) < 4.78 is 5.92. The van der Waals surface area contributed by atoms with Crippen LogP contribution in [-0.2, 0) is 11.4 Å². The molecule has 3 aromatic carbocycles. The Kier molecular flexibility index (Phi) is 5.86. The van der Waals surface area contributed by atoms with Gasteiger partial charge in [-0.3, -0.25) is 4.79 Å². The molecule has 29 heavy (non-hydrogen) atoms. The molecule has 0 bridgehead atoms. The largest absolute Gasteiger partial charge is 0.487 e. The average Bonchev–Trinajstić information content (AvgIpc) is 2.73. The highest BCUT2D eigenvalue weighted by atomic mass is 35.5. The average molecular weight is 406 g/mol. The Balaban J connectivity index is 1.55. The fourth-order valence-corrected chi connectivity index (χ4v) is 4.36. The highest BCUT2D eigenvalue weighted by Crippen LogP contribution is 2.42. The Morgan fingerprint density at radius 1 is 1.00 bits per heavy atom. The zero-order valence-corrected chi connectivity index (χ0v) is 17.2. The molecule has 148 valence electrons. The van der Waals surface area contributed by atoms with Gasteiger partial charge in [-0.1, -0.05) is 72.3 Å². The van der Waals surface area contributed by atoms with E-state index in [4.69, 9.17) is 16.3 Å². The van der Waals surface area contributed by atoms with E-state index in [1.807, 2.05) is 48.5 Å². The summed E-state index contributed by atoms with van der Waals surface area (Å²) in [4.78, 5) is 11.6. The lowest BCUT2D eigenvalue weighted by Crippen LogP contribution is -2.30. The van der Waals surface area contributed by atoms with Crippen LogP contribution in [0.15, 0.2) is 72.8 Å². The number of ether oxygens (including phenoxy) is 1. The summed E-state index contributed by atoms with van der Waals surface area (Å²) in [5.74, 6) is 0.961. The summed E-state index contributed by atoms with van der Waals surface area (Å²) in [6.07, 6.45) is 1.87. The molecule has 1 amide bonds. The fourth-order valence-electron chi connectivity index (χ4n) is 4.12. The van der Waals surface area contributed by atoms with E-state index in [1.165, 1.54) is 16.7 Å². The molecule has 0 aromatic heterocycles. The number of hydrogen-bond acceptors (Lipinski definition) is 2. The number of benzene rings is 3. The highest BCUT2D eigenvalue weighted by molar-refractivity contribution is 6.32. The van der Waals surface area contributed by atoms with E-state index in [9.17, 15) is 4.79 Å². The predicted octanol–water partition coefficient (Wildman–Crippen LogP) is 6.02. The first kappa shape index (κ1) is 19.5. The van der Waals surface area contributed by atoms with E-state index in [0.29, 0.717) is 17.4 Å². The summed E-state index contributed by atoms with van der Waals surface area (Å²) in [5, 5.41) is 3.70. The number of halogens is 1. The first-order valence-corrected chi connectivity index (χ1v) is 10.3. The van der Waals surface area contributed by atoms with Gasteiger partial charge in [-0.25, -0.2) is 0 Å². The Bertz CT molecular complexity index is 1000. The standard InChI is InChI=1S/C25H24ClNO2/c1-17(28)27-24-13-12-20(21-9-5-6-10-22(21)24)19-11-14-25(23(26)15-19)29-16-18-7-3-2-4-8-18/h2-11,14-15,20,24H,12-13,16H2,1H3,(H,27,28)/t20?,24-/m1/s1. The van der Waals surface area contributed by atoms with Crippen molar-refractivity contribution in [3.8, 4) is 5.75 Å². The van der Waals surface area contributed by atoms with Gasteiger partial charge >= 0.3 is 0 Å². The molecular weight excluding hydrogens is 382 g/mol. The molecular formula is C25H24ClNO2. The number of carbonyl (C=O) groups excluding carboxylic acids is 1. The highest BCUT2D eigenvalue weighted by Gasteiger charge is 2.28. The fraction of sp³-hybridized carbons (Fsp3) is 0.240. The third-order valence-electron chi connectivity index (χ3n) is 5.46. The van der Waals surface area contributed by atoms with Crippen LogP contribution in [0.3, 0.4) is 0 Å². The zero-order chi connectivity index (χ0) is 20.2. The minimum absolute atomic E-state index is 0.00575. The van der Waals surface area contributed by atoms with E-state index in [1.54, 1.807) is 6.92 Å². The summed E-state index contributed by atoms with van der Waals surface area (Å²) in [7, 11) is 0. The molecule has 3 nitrogen and oxygen atoms in total. The van der Waals surface area contributed by atoms with Crippen LogP contribution in [0.25, 0.3) is 0 Å². The second-order valence-electron chi connectivity index (χ2n) is 7.48. The lowest BCUT2D eigenvalue weighted by molar-refractivity contribution is -0.119. The molecule has 0 spiro atoms. The van der Waals surface area contributed by atoms with Crippen LogP contribution in [0.4, 0.5) is 0 Å². The Hall–Kier alpha value is -2.78. The second-order valence-corrected chi connectivity index (χ2v) is 7.88. The third-order valence-corrected chi connectivity index (χ3v) is 5.76. The maximum absolute atomic E-state index is 11.6. The Labute approximate surface area is 176 Å². The number of rotatable bonds is 5. The molecule has 1 aliphatic rings. The number of fused-ring (bicyclic) bond motifs is 1. The first-order valence-electron chi connectivity index (χ1n) is 9.94. The van der Waals surface area contributed by atoms with Gasteiger partial charge in [0.25, 0.3) is 0 Å². The van der Waals surface area contributed by atoms with E-state index < -0.39 is 0 Å².